The summed E-state index contributed by atoms with van der Waals surface area (Å²) in [7, 11) is 0. The van der Waals surface area contributed by atoms with E-state index in [4.69, 9.17) is 5.26 Å². The van der Waals surface area contributed by atoms with Crippen molar-refractivity contribution in [1.82, 2.24) is 9.88 Å². The van der Waals surface area contributed by atoms with Gasteiger partial charge in [0.2, 0.25) is 5.91 Å². The number of pyridine rings is 1. The predicted molar refractivity (Wildman–Crippen MR) is 68.3 cm³/mol. The van der Waals surface area contributed by atoms with Crippen LogP contribution >= 0.6 is 12.6 Å². The van der Waals surface area contributed by atoms with Gasteiger partial charge in [0.05, 0.1) is 17.7 Å². The molecule has 5 heteroatoms. The minimum Gasteiger partial charge on any atom is -0.336 e. The van der Waals surface area contributed by atoms with Crippen molar-refractivity contribution in [3.8, 4) is 6.07 Å². The first-order valence-electron chi connectivity index (χ1n) is 5.38. The Balaban J connectivity index is 2.70. The van der Waals surface area contributed by atoms with Crippen molar-refractivity contribution in [2.45, 2.75) is 25.1 Å². The second kappa shape index (κ2) is 6.92. The van der Waals surface area contributed by atoms with Gasteiger partial charge in [-0.25, -0.2) is 0 Å². The monoisotopic (exact) mass is 249 g/mol. The highest BCUT2D eigenvalue weighted by Gasteiger charge is 2.17. The first-order valence-corrected chi connectivity index (χ1v) is 5.89. The number of carbonyl (C=O) groups excluding carboxylic acids is 1. The molecule has 0 saturated carbocycles. The van der Waals surface area contributed by atoms with Gasteiger partial charge in [-0.2, -0.15) is 17.9 Å². The molecular formula is C12H15N3OS. The van der Waals surface area contributed by atoms with Crippen LogP contribution < -0.4 is 0 Å². The second-order valence-corrected chi connectivity index (χ2v) is 4.48. The van der Waals surface area contributed by atoms with Crippen LogP contribution in [0.4, 0.5) is 0 Å². The Hall–Kier alpha value is -1.54. The summed E-state index contributed by atoms with van der Waals surface area (Å²) in [6.07, 6.45) is 3.73. The van der Waals surface area contributed by atoms with Gasteiger partial charge < -0.3 is 4.90 Å². The topological polar surface area (TPSA) is 57.0 Å². The minimum absolute atomic E-state index is 0.0626. The predicted octanol–water partition coefficient (Wildman–Crippen LogP) is 1.64. The van der Waals surface area contributed by atoms with Crippen molar-refractivity contribution in [1.29, 1.82) is 5.26 Å². The summed E-state index contributed by atoms with van der Waals surface area (Å²) in [5.41, 5.74) is 0.952. The van der Waals surface area contributed by atoms with Crippen molar-refractivity contribution >= 4 is 18.5 Å². The van der Waals surface area contributed by atoms with Crippen LogP contribution in [0.5, 0.6) is 0 Å². The summed E-state index contributed by atoms with van der Waals surface area (Å²) >= 11 is 4.13. The molecule has 1 rings (SSSR count). The summed E-state index contributed by atoms with van der Waals surface area (Å²) in [4.78, 5) is 17.5. The smallest absolute Gasteiger partial charge is 0.235 e. The number of nitrogens with zero attached hydrogens (tertiary/aromatic N) is 3. The zero-order valence-corrected chi connectivity index (χ0v) is 10.6. The number of rotatable bonds is 5. The molecule has 0 spiro atoms. The van der Waals surface area contributed by atoms with Gasteiger partial charge in [0.1, 0.15) is 0 Å². The number of thiol groups is 1. The molecule has 1 aromatic rings. The molecule has 0 fully saturated rings. The Labute approximate surface area is 107 Å². The quantitative estimate of drug-likeness (QED) is 0.807. The van der Waals surface area contributed by atoms with Gasteiger partial charge in [-0.1, -0.05) is 6.07 Å². The Morgan fingerprint density at radius 1 is 1.71 bits per heavy atom. The van der Waals surface area contributed by atoms with E-state index >= 15 is 0 Å². The molecule has 1 heterocycles. The van der Waals surface area contributed by atoms with E-state index in [0.29, 0.717) is 19.5 Å². The fraction of sp³-hybridized carbons (Fsp3) is 0.417. The average molecular weight is 249 g/mol. The number of carbonyl (C=O) groups is 1. The summed E-state index contributed by atoms with van der Waals surface area (Å²) in [5, 5.41) is 8.23. The summed E-state index contributed by atoms with van der Waals surface area (Å²) in [6.45, 7) is 2.63. The maximum absolute atomic E-state index is 11.9. The molecule has 0 aliphatic rings. The Kier molecular flexibility index (Phi) is 5.50. The molecule has 90 valence electrons. The van der Waals surface area contributed by atoms with Crippen molar-refractivity contribution in [2.24, 2.45) is 0 Å². The normalized spacial score (nSPS) is 11.6. The van der Waals surface area contributed by atoms with Crippen LogP contribution in [0.1, 0.15) is 18.9 Å². The summed E-state index contributed by atoms with van der Waals surface area (Å²) < 4.78 is 0. The Bertz CT molecular complexity index is 400. The molecule has 1 atom stereocenters. The third-order valence-electron chi connectivity index (χ3n) is 2.26. The van der Waals surface area contributed by atoms with Crippen LogP contribution in [-0.2, 0) is 11.3 Å². The number of aromatic nitrogens is 1. The first-order chi connectivity index (χ1) is 8.15. The van der Waals surface area contributed by atoms with Crippen molar-refractivity contribution in [2.75, 3.05) is 6.54 Å². The van der Waals surface area contributed by atoms with Gasteiger partial charge in [0.15, 0.2) is 0 Å². The van der Waals surface area contributed by atoms with Crippen LogP contribution in [-0.4, -0.2) is 27.6 Å². The molecule has 0 aliphatic carbocycles. The zero-order chi connectivity index (χ0) is 12.7. The lowest BCUT2D eigenvalue weighted by atomic mass is 10.2. The standard InChI is InChI=1S/C12H15N3OS/c1-10(17)12(16)15(7-3-5-13)9-11-4-2-6-14-8-11/h2,4,6,8,10,17H,3,7,9H2,1H3. The molecule has 0 N–H and O–H groups in total. The highest BCUT2D eigenvalue weighted by atomic mass is 32.1. The van der Waals surface area contributed by atoms with Crippen LogP contribution in [0.3, 0.4) is 0 Å². The lowest BCUT2D eigenvalue weighted by Gasteiger charge is -2.23. The van der Waals surface area contributed by atoms with E-state index in [9.17, 15) is 4.79 Å². The van der Waals surface area contributed by atoms with Gasteiger partial charge in [0.25, 0.3) is 0 Å². The van der Waals surface area contributed by atoms with Gasteiger partial charge in [-0.3, -0.25) is 9.78 Å². The highest BCUT2D eigenvalue weighted by molar-refractivity contribution is 7.81. The van der Waals surface area contributed by atoms with Crippen molar-refractivity contribution in [3.05, 3.63) is 30.1 Å². The van der Waals surface area contributed by atoms with Gasteiger partial charge in [-0.15, -0.1) is 0 Å². The van der Waals surface area contributed by atoms with Crippen LogP contribution in [0, 0.1) is 11.3 Å². The second-order valence-electron chi connectivity index (χ2n) is 3.71. The van der Waals surface area contributed by atoms with E-state index in [0.717, 1.165) is 5.56 Å². The number of amides is 1. The van der Waals surface area contributed by atoms with Crippen molar-refractivity contribution in [3.63, 3.8) is 0 Å². The molecule has 0 aliphatic heterocycles. The molecular weight excluding hydrogens is 234 g/mol. The van der Waals surface area contributed by atoms with Crippen LogP contribution in [0.2, 0.25) is 0 Å². The average Bonchev–Trinajstić information content (AvgIpc) is 2.34. The molecule has 17 heavy (non-hydrogen) atoms. The summed E-state index contributed by atoms with van der Waals surface area (Å²) in [5.74, 6) is -0.0626. The first kappa shape index (κ1) is 13.5. The fourth-order valence-corrected chi connectivity index (χ4v) is 1.59. The zero-order valence-electron chi connectivity index (χ0n) is 9.71. The molecule has 1 aromatic heterocycles. The lowest BCUT2D eigenvalue weighted by molar-refractivity contribution is -0.130. The summed E-state index contributed by atoms with van der Waals surface area (Å²) in [6, 6.07) is 5.77. The third kappa shape index (κ3) is 4.45. The molecule has 4 nitrogen and oxygen atoms in total. The molecule has 1 unspecified atom stereocenters. The van der Waals surface area contributed by atoms with E-state index in [-0.39, 0.29) is 11.2 Å². The number of nitriles is 1. The SMILES string of the molecule is CC(S)C(=O)N(CCC#N)Cc1cccnc1. The maximum Gasteiger partial charge on any atom is 0.235 e. The van der Waals surface area contributed by atoms with E-state index in [1.54, 1.807) is 24.2 Å². The fourth-order valence-electron chi connectivity index (χ4n) is 1.43. The minimum atomic E-state index is -0.356. The lowest BCUT2D eigenvalue weighted by Crippen LogP contribution is -2.36. The van der Waals surface area contributed by atoms with E-state index in [1.807, 2.05) is 18.2 Å². The number of hydrogen-bond donors (Lipinski definition) is 1. The largest absolute Gasteiger partial charge is 0.336 e. The molecule has 0 aromatic carbocycles. The number of hydrogen-bond acceptors (Lipinski definition) is 4. The molecule has 0 saturated heterocycles. The van der Waals surface area contributed by atoms with Crippen LogP contribution in [0.15, 0.2) is 24.5 Å². The van der Waals surface area contributed by atoms with Gasteiger partial charge in [-0.05, 0) is 18.6 Å². The third-order valence-corrected chi connectivity index (χ3v) is 2.48. The maximum atomic E-state index is 11.9. The van der Waals surface area contributed by atoms with Crippen molar-refractivity contribution < 1.29 is 4.79 Å². The van der Waals surface area contributed by atoms with E-state index in [2.05, 4.69) is 17.6 Å². The highest BCUT2D eigenvalue weighted by Crippen LogP contribution is 2.08. The van der Waals surface area contributed by atoms with Gasteiger partial charge in [0, 0.05) is 25.5 Å². The molecule has 1 amide bonds. The van der Waals surface area contributed by atoms with Crippen LogP contribution in [0.25, 0.3) is 0 Å². The molecule has 0 radical (unpaired) electrons. The Morgan fingerprint density at radius 3 is 3.00 bits per heavy atom. The Morgan fingerprint density at radius 2 is 2.47 bits per heavy atom. The van der Waals surface area contributed by atoms with E-state index in [1.165, 1.54) is 0 Å². The van der Waals surface area contributed by atoms with E-state index < -0.39 is 0 Å². The van der Waals surface area contributed by atoms with Gasteiger partial charge >= 0.3 is 0 Å². The molecule has 0 bridgehead atoms.